The van der Waals surface area contributed by atoms with Crippen LogP contribution in [0.5, 0.6) is 0 Å². The van der Waals surface area contributed by atoms with Crippen LogP contribution in [0.2, 0.25) is 0 Å². The summed E-state index contributed by atoms with van der Waals surface area (Å²) in [5.74, 6) is -0.374. The summed E-state index contributed by atoms with van der Waals surface area (Å²) in [4.78, 5) is 12.0. The van der Waals surface area contributed by atoms with Gasteiger partial charge in [0.05, 0.1) is 6.20 Å². The molecule has 1 aromatic heterocycles. The van der Waals surface area contributed by atoms with Crippen molar-refractivity contribution in [1.82, 2.24) is 15.5 Å². The summed E-state index contributed by atoms with van der Waals surface area (Å²) >= 11 is 0. The van der Waals surface area contributed by atoms with E-state index in [2.05, 4.69) is 20.7 Å². The Morgan fingerprint density at radius 3 is 2.94 bits per heavy atom. The Labute approximate surface area is 99.1 Å². The molecule has 0 aromatic carbocycles. The molecule has 5 N–H and O–H groups in total. The zero-order valence-corrected chi connectivity index (χ0v) is 9.90. The van der Waals surface area contributed by atoms with Crippen molar-refractivity contribution in [3.05, 3.63) is 18.0 Å². The number of aromatic amines is 1. The summed E-state index contributed by atoms with van der Waals surface area (Å²) in [5.41, 5.74) is 5.39. The number of hydrogen-bond donors (Lipinski definition) is 4. The van der Waals surface area contributed by atoms with E-state index in [0.29, 0.717) is 13.0 Å². The normalized spacial score (nSPS) is 15.3. The smallest absolute Gasteiger partial charge is 0.233 e. The fraction of sp³-hybridized carbons (Fsp3) is 0.500. The third kappa shape index (κ3) is 2.74. The highest BCUT2D eigenvalue weighted by Gasteiger charge is 2.36. The second kappa shape index (κ2) is 5.33. The number of nitrogens with two attached hydrogens (primary N) is 1. The summed E-state index contributed by atoms with van der Waals surface area (Å²) in [6.07, 6.45) is 3.75. The molecule has 1 heterocycles. The molecule has 0 bridgehead atoms. The molecule has 1 amide bonds. The van der Waals surface area contributed by atoms with Gasteiger partial charge in [0, 0.05) is 18.3 Å². The Morgan fingerprint density at radius 1 is 1.76 bits per heavy atom. The molecule has 0 aliphatic heterocycles. The van der Waals surface area contributed by atoms with Gasteiger partial charge in [-0.3, -0.25) is 9.89 Å². The second-order valence-corrected chi connectivity index (χ2v) is 3.96. The molecule has 1 unspecified atom stereocenters. The van der Waals surface area contributed by atoms with Gasteiger partial charge in [-0.15, -0.1) is 0 Å². The first kappa shape index (κ1) is 13.0. The SMILES string of the molecule is CCC(C)(C(=O)NCc1cn[nH]c1)C(N)=NO. The van der Waals surface area contributed by atoms with Gasteiger partial charge >= 0.3 is 0 Å². The second-order valence-electron chi connectivity index (χ2n) is 3.96. The number of nitrogens with one attached hydrogen (secondary N) is 2. The van der Waals surface area contributed by atoms with Gasteiger partial charge in [0.15, 0.2) is 5.84 Å². The maximum absolute atomic E-state index is 12.0. The first-order chi connectivity index (χ1) is 8.04. The summed E-state index contributed by atoms with van der Waals surface area (Å²) in [6.45, 7) is 3.78. The number of carbonyl (C=O) groups is 1. The lowest BCUT2D eigenvalue weighted by molar-refractivity contribution is -0.127. The van der Waals surface area contributed by atoms with Crippen LogP contribution in [-0.4, -0.2) is 27.1 Å². The minimum atomic E-state index is -1.00. The van der Waals surface area contributed by atoms with Crippen molar-refractivity contribution >= 4 is 11.7 Å². The van der Waals surface area contributed by atoms with Crippen LogP contribution >= 0.6 is 0 Å². The van der Waals surface area contributed by atoms with Crippen LogP contribution in [0.1, 0.15) is 25.8 Å². The van der Waals surface area contributed by atoms with E-state index in [9.17, 15) is 4.79 Å². The van der Waals surface area contributed by atoms with E-state index >= 15 is 0 Å². The lowest BCUT2D eigenvalue weighted by Crippen LogP contribution is -2.47. The minimum Gasteiger partial charge on any atom is -0.409 e. The van der Waals surface area contributed by atoms with Crippen LogP contribution in [-0.2, 0) is 11.3 Å². The van der Waals surface area contributed by atoms with Crippen molar-refractivity contribution in [2.75, 3.05) is 0 Å². The standard InChI is InChI=1S/C10H17N5O2/c1-3-10(2,8(11)15-17)9(16)12-4-7-5-13-14-6-7/h5-6,17H,3-4H2,1-2H3,(H2,11,15)(H,12,16)(H,13,14). The number of nitrogens with zero attached hydrogens (tertiary/aromatic N) is 2. The van der Waals surface area contributed by atoms with Gasteiger partial charge in [-0.1, -0.05) is 12.1 Å². The van der Waals surface area contributed by atoms with Crippen molar-refractivity contribution in [2.24, 2.45) is 16.3 Å². The third-order valence-electron chi connectivity index (χ3n) is 2.89. The van der Waals surface area contributed by atoms with E-state index in [0.717, 1.165) is 5.56 Å². The molecular weight excluding hydrogens is 222 g/mol. The summed E-state index contributed by atoms with van der Waals surface area (Å²) in [5, 5.41) is 20.7. The number of oxime groups is 1. The predicted molar refractivity (Wildman–Crippen MR) is 62.2 cm³/mol. The van der Waals surface area contributed by atoms with Crippen LogP contribution in [0.25, 0.3) is 0 Å². The average molecular weight is 239 g/mol. The Kier molecular flexibility index (Phi) is 4.08. The zero-order valence-electron chi connectivity index (χ0n) is 9.90. The largest absolute Gasteiger partial charge is 0.409 e. The molecule has 7 nitrogen and oxygen atoms in total. The summed E-state index contributed by atoms with van der Waals surface area (Å²) < 4.78 is 0. The van der Waals surface area contributed by atoms with Crippen LogP contribution in [0.4, 0.5) is 0 Å². The number of aromatic nitrogens is 2. The molecule has 0 aliphatic carbocycles. The van der Waals surface area contributed by atoms with E-state index in [-0.39, 0.29) is 11.7 Å². The Hall–Kier alpha value is -2.05. The molecule has 1 rings (SSSR count). The molecule has 17 heavy (non-hydrogen) atoms. The molecule has 0 saturated carbocycles. The maximum atomic E-state index is 12.0. The van der Waals surface area contributed by atoms with Crippen molar-refractivity contribution in [3.8, 4) is 0 Å². The van der Waals surface area contributed by atoms with Gasteiger partial charge in [0.25, 0.3) is 0 Å². The van der Waals surface area contributed by atoms with Crippen molar-refractivity contribution in [2.45, 2.75) is 26.8 Å². The van der Waals surface area contributed by atoms with Crippen LogP contribution in [0.3, 0.4) is 0 Å². The fourth-order valence-corrected chi connectivity index (χ4v) is 1.32. The van der Waals surface area contributed by atoms with Crippen molar-refractivity contribution in [1.29, 1.82) is 0 Å². The minimum absolute atomic E-state index is 0.0929. The van der Waals surface area contributed by atoms with Gasteiger partial charge in [-0.2, -0.15) is 5.10 Å². The fourth-order valence-electron chi connectivity index (χ4n) is 1.32. The van der Waals surface area contributed by atoms with Gasteiger partial charge in [-0.25, -0.2) is 0 Å². The third-order valence-corrected chi connectivity index (χ3v) is 2.89. The van der Waals surface area contributed by atoms with Crippen molar-refractivity contribution in [3.63, 3.8) is 0 Å². The molecule has 94 valence electrons. The zero-order chi connectivity index (χ0) is 12.9. The van der Waals surface area contributed by atoms with Crippen LogP contribution < -0.4 is 11.1 Å². The Balaban J connectivity index is 2.67. The molecule has 1 aromatic rings. The van der Waals surface area contributed by atoms with E-state index in [1.165, 1.54) is 0 Å². The van der Waals surface area contributed by atoms with Gasteiger partial charge < -0.3 is 16.3 Å². The number of amides is 1. The van der Waals surface area contributed by atoms with Gasteiger partial charge in [0.1, 0.15) is 5.41 Å². The molecule has 0 radical (unpaired) electrons. The van der Waals surface area contributed by atoms with Crippen molar-refractivity contribution < 1.29 is 10.0 Å². The number of rotatable bonds is 5. The van der Waals surface area contributed by atoms with Crippen LogP contribution in [0, 0.1) is 5.41 Å². The van der Waals surface area contributed by atoms with Gasteiger partial charge in [-0.05, 0) is 13.3 Å². The number of H-pyrrole nitrogens is 1. The Morgan fingerprint density at radius 2 is 2.47 bits per heavy atom. The highest BCUT2D eigenvalue weighted by molar-refractivity contribution is 6.06. The van der Waals surface area contributed by atoms with E-state index in [4.69, 9.17) is 10.9 Å². The molecule has 1 atom stereocenters. The summed E-state index contributed by atoms with van der Waals surface area (Å²) in [7, 11) is 0. The molecule has 0 spiro atoms. The van der Waals surface area contributed by atoms with Gasteiger partial charge in [0.2, 0.25) is 5.91 Å². The topological polar surface area (TPSA) is 116 Å². The molecule has 0 fully saturated rings. The van der Waals surface area contributed by atoms with E-state index in [1.807, 2.05) is 0 Å². The number of amidine groups is 1. The molecular formula is C10H17N5O2. The quantitative estimate of drug-likeness (QED) is 0.254. The lowest BCUT2D eigenvalue weighted by atomic mass is 9.85. The highest BCUT2D eigenvalue weighted by Crippen LogP contribution is 2.21. The predicted octanol–water partition coefficient (Wildman–Crippen LogP) is 0.189. The number of hydrogen-bond acceptors (Lipinski definition) is 4. The molecule has 7 heteroatoms. The Bertz CT molecular complexity index is 401. The maximum Gasteiger partial charge on any atom is 0.233 e. The monoisotopic (exact) mass is 239 g/mol. The first-order valence-electron chi connectivity index (χ1n) is 5.28. The lowest BCUT2D eigenvalue weighted by Gasteiger charge is -2.25. The van der Waals surface area contributed by atoms with E-state index < -0.39 is 5.41 Å². The average Bonchev–Trinajstić information content (AvgIpc) is 2.86. The number of carbonyl (C=O) groups excluding carboxylic acids is 1. The molecule has 0 aliphatic rings. The van der Waals surface area contributed by atoms with Crippen LogP contribution in [0.15, 0.2) is 17.5 Å². The summed E-state index contributed by atoms with van der Waals surface area (Å²) in [6, 6.07) is 0. The molecule has 0 saturated heterocycles. The van der Waals surface area contributed by atoms with E-state index in [1.54, 1.807) is 26.2 Å². The first-order valence-corrected chi connectivity index (χ1v) is 5.28. The highest BCUT2D eigenvalue weighted by atomic mass is 16.4.